The Morgan fingerprint density at radius 1 is 1.29 bits per heavy atom. The number of halogens is 2. The summed E-state index contributed by atoms with van der Waals surface area (Å²) in [5, 5.41) is 3.56. The van der Waals surface area contributed by atoms with Crippen LogP contribution in [-0.2, 0) is 6.54 Å². The smallest absolute Gasteiger partial charge is 0.137 e. The average Bonchev–Trinajstić information content (AvgIpc) is 2.91. The van der Waals surface area contributed by atoms with Crippen molar-refractivity contribution >= 4 is 31.9 Å². The summed E-state index contributed by atoms with van der Waals surface area (Å²) in [5.41, 5.74) is 1.17. The Labute approximate surface area is 144 Å². The second kappa shape index (κ2) is 8.51. The molecule has 5 heteroatoms. The molecule has 118 valence electrons. The van der Waals surface area contributed by atoms with Crippen molar-refractivity contribution in [2.75, 3.05) is 33.3 Å². The SMILES string of the molecule is COc1c(Br)cc(Br)cc1CNCC(C)CN1CCCC1. The highest BCUT2D eigenvalue weighted by molar-refractivity contribution is 9.11. The van der Waals surface area contributed by atoms with Crippen LogP contribution in [0.3, 0.4) is 0 Å². The highest BCUT2D eigenvalue weighted by atomic mass is 79.9. The predicted molar refractivity (Wildman–Crippen MR) is 94.9 cm³/mol. The normalized spacial score (nSPS) is 17.1. The van der Waals surface area contributed by atoms with Crippen LogP contribution in [0.5, 0.6) is 5.75 Å². The Balaban J connectivity index is 1.82. The minimum absolute atomic E-state index is 0.671. The lowest BCUT2D eigenvalue weighted by molar-refractivity contribution is 0.282. The van der Waals surface area contributed by atoms with Crippen molar-refractivity contribution in [3.05, 3.63) is 26.6 Å². The van der Waals surface area contributed by atoms with Gasteiger partial charge in [0.1, 0.15) is 5.75 Å². The van der Waals surface area contributed by atoms with Crippen molar-refractivity contribution in [2.24, 2.45) is 5.92 Å². The summed E-state index contributed by atoms with van der Waals surface area (Å²) >= 11 is 7.08. The molecule has 1 N–H and O–H groups in total. The molecule has 0 bridgehead atoms. The molecule has 1 unspecified atom stereocenters. The topological polar surface area (TPSA) is 24.5 Å². The van der Waals surface area contributed by atoms with Gasteiger partial charge in [-0.1, -0.05) is 22.9 Å². The van der Waals surface area contributed by atoms with Crippen LogP contribution in [0.15, 0.2) is 21.1 Å². The van der Waals surface area contributed by atoms with Crippen molar-refractivity contribution in [1.29, 1.82) is 0 Å². The number of benzene rings is 1. The van der Waals surface area contributed by atoms with Gasteiger partial charge in [0.15, 0.2) is 0 Å². The van der Waals surface area contributed by atoms with Crippen LogP contribution >= 0.6 is 31.9 Å². The van der Waals surface area contributed by atoms with Gasteiger partial charge in [0.2, 0.25) is 0 Å². The van der Waals surface area contributed by atoms with E-state index in [4.69, 9.17) is 4.74 Å². The van der Waals surface area contributed by atoms with E-state index in [1.54, 1.807) is 7.11 Å². The van der Waals surface area contributed by atoms with Crippen LogP contribution in [0.25, 0.3) is 0 Å². The molecule has 0 saturated carbocycles. The van der Waals surface area contributed by atoms with Crippen molar-refractivity contribution in [3.8, 4) is 5.75 Å². The molecule has 1 saturated heterocycles. The van der Waals surface area contributed by atoms with Crippen LogP contribution in [-0.4, -0.2) is 38.2 Å². The molecule has 1 aromatic rings. The quantitative estimate of drug-likeness (QED) is 0.721. The van der Waals surface area contributed by atoms with E-state index in [-0.39, 0.29) is 0 Å². The fourth-order valence-electron chi connectivity index (χ4n) is 2.90. The third kappa shape index (κ3) is 5.23. The highest BCUT2D eigenvalue weighted by Crippen LogP contribution is 2.32. The number of hydrogen-bond donors (Lipinski definition) is 1. The molecule has 1 atom stereocenters. The van der Waals surface area contributed by atoms with Gasteiger partial charge in [-0.2, -0.15) is 0 Å². The number of nitrogens with one attached hydrogen (secondary N) is 1. The number of nitrogens with zero attached hydrogens (tertiary/aromatic N) is 1. The Kier molecular flexibility index (Phi) is 6.99. The molecule has 0 spiro atoms. The van der Waals surface area contributed by atoms with Crippen molar-refractivity contribution < 1.29 is 4.74 Å². The molecule has 2 rings (SSSR count). The second-order valence-corrected chi connectivity index (χ2v) is 7.59. The molecule has 0 aliphatic carbocycles. The van der Waals surface area contributed by atoms with Crippen LogP contribution in [0.1, 0.15) is 25.3 Å². The third-order valence-electron chi connectivity index (χ3n) is 3.87. The maximum atomic E-state index is 5.48. The van der Waals surface area contributed by atoms with Gasteiger partial charge in [-0.05, 0) is 66.5 Å². The minimum Gasteiger partial charge on any atom is -0.495 e. The standard InChI is InChI=1S/C16H24Br2N2O/c1-12(11-20-5-3-4-6-20)9-19-10-13-7-14(17)8-15(18)16(13)21-2/h7-8,12,19H,3-6,9-11H2,1-2H3. The zero-order valence-electron chi connectivity index (χ0n) is 12.8. The first-order valence-corrected chi connectivity index (χ1v) is 9.13. The van der Waals surface area contributed by atoms with E-state index in [2.05, 4.69) is 55.1 Å². The molecule has 0 radical (unpaired) electrons. The lowest BCUT2D eigenvalue weighted by atomic mass is 10.1. The van der Waals surface area contributed by atoms with E-state index < -0.39 is 0 Å². The van der Waals surface area contributed by atoms with Gasteiger partial charge in [-0.15, -0.1) is 0 Å². The summed E-state index contributed by atoms with van der Waals surface area (Å²) in [5.74, 6) is 1.59. The predicted octanol–water partition coefficient (Wildman–Crippen LogP) is 4.04. The zero-order valence-corrected chi connectivity index (χ0v) is 16.0. The van der Waals surface area contributed by atoms with Gasteiger partial charge in [0, 0.05) is 23.1 Å². The van der Waals surface area contributed by atoms with Gasteiger partial charge in [0.25, 0.3) is 0 Å². The summed E-state index contributed by atoms with van der Waals surface area (Å²) in [7, 11) is 1.72. The van der Waals surface area contributed by atoms with Crippen molar-refractivity contribution in [2.45, 2.75) is 26.3 Å². The maximum absolute atomic E-state index is 5.48. The van der Waals surface area contributed by atoms with Gasteiger partial charge in [-0.25, -0.2) is 0 Å². The molecular formula is C16H24Br2N2O. The molecule has 0 amide bonds. The first-order valence-electron chi connectivity index (χ1n) is 7.55. The molecule has 1 fully saturated rings. The van der Waals surface area contributed by atoms with E-state index >= 15 is 0 Å². The fraction of sp³-hybridized carbons (Fsp3) is 0.625. The van der Waals surface area contributed by atoms with Crippen LogP contribution < -0.4 is 10.1 Å². The third-order valence-corrected chi connectivity index (χ3v) is 4.91. The van der Waals surface area contributed by atoms with Crippen molar-refractivity contribution in [1.82, 2.24) is 10.2 Å². The maximum Gasteiger partial charge on any atom is 0.137 e. The molecule has 1 aliphatic heterocycles. The summed E-state index contributed by atoms with van der Waals surface area (Å²) in [6, 6.07) is 4.13. The second-order valence-electron chi connectivity index (χ2n) is 5.82. The van der Waals surface area contributed by atoms with Gasteiger partial charge >= 0.3 is 0 Å². The largest absolute Gasteiger partial charge is 0.495 e. The number of rotatable bonds is 7. The molecule has 1 heterocycles. The number of ether oxygens (including phenoxy) is 1. The van der Waals surface area contributed by atoms with Gasteiger partial charge < -0.3 is 15.0 Å². The Morgan fingerprint density at radius 3 is 2.67 bits per heavy atom. The number of likely N-dealkylation sites (tertiary alicyclic amines) is 1. The fourth-order valence-corrected chi connectivity index (χ4v) is 4.37. The van der Waals surface area contributed by atoms with Crippen LogP contribution in [0, 0.1) is 5.92 Å². The first kappa shape index (κ1) is 17.3. The summed E-state index contributed by atoms with van der Waals surface area (Å²) in [4.78, 5) is 2.57. The lowest BCUT2D eigenvalue weighted by Gasteiger charge is -2.21. The molecule has 21 heavy (non-hydrogen) atoms. The number of hydrogen-bond acceptors (Lipinski definition) is 3. The monoisotopic (exact) mass is 418 g/mol. The van der Waals surface area contributed by atoms with E-state index in [9.17, 15) is 0 Å². The molecule has 3 nitrogen and oxygen atoms in total. The van der Waals surface area contributed by atoms with E-state index in [0.717, 1.165) is 27.8 Å². The zero-order chi connectivity index (χ0) is 15.2. The van der Waals surface area contributed by atoms with Crippen LogP contribution in [0.4, 0.5) is 0 Å². The van der Waals surface area contributed by atoms with Crippen molar-refractivity contribution in [3.63, 3.8) is 0 Å². The lowest BCUT2D eigenvalue weighted by Crippen LogP contribution is -2.31. The molecular weight excluding hydrogens is 396 g/mol. The highest BCUT2D eigenvalue weighted by Gasteiger charge is 2.15. The van der Waals surface area contributed by atoms with Gasteiger partial charge in [-0.3, -0.25) is 0 Å². The van der Waals surface area contributed by atoms with Crippen LogP contribution in [0.2, 0.25) is 0 Å². The summed E-state index contributed by atoms with van der Waals surface area (Å²) < 4.78 is 7.53. The van der Waals surface area contributed by atoms with E-state index in [1.165, 1.54) is 38.0 Å². The van der Waals surface area contributed by atoms with Gasteiger partial charge in [0.05, 0.1) is 11.6 Å². The first-order chi connectivity index (χ1) is 10.1. The van der Waals surface area contributed by atoms with E-state index in [1.807, 2.05) is 6.07 Å². The molecule has 1 aromatic carbocycles. The Hall–Kier alpha value is -0.100. The Bertz CT molecular complexity index is 462. The number of methoxy groups -OCH3 is 1. The van der Waals surface area contributed by atoms with E-state index in [0.29, 0.717) is 5.92 Å². The summed E-state index contributed by atoms with van der Waals surface area (Å²) in [6.07, 6.45) is 2.73. The molecule has 0 aromatic heterocycles. The Morgan fingerprint density at radius 2 is 2.00 bits per heavy atom. The minimum atomic E-state index is 0.671. The molecule has 1 aliphatic rings. The average molecular weight is 420 g/mol. The summed E-state index contributed by atoms with van der Waals surface area (Å²) in [6.45, 7) is 7.93.